The van der Waals surface area contributed by atoms with Crippen molar-refractivity contribution in [3.63, 3.8) is 0 Å². The number of guanidine groups is 2. The molecule has 10 amide bonds. The van der Waals surface area contributed by atoms with Crippen molar-refractivity contribution in [3.8, 4) is 0 Å². The molecule has 0 aliphatic carbocycles. The van der Waals surface area contributed by atoms with Gasteiger partial charge < -0.3 is 81.9 Å². The molecule has 1 fully saturated rings. The van der Waals surface area contributed by atoms with Gasteiger partial charge in [-0.25, -0.2) is 0 Å². The van der Waals surface area contributed by atoms with E-state index in [0.717, 1.165) is 10.9 Å². The third-order valence-electron chi connectivity index (χ3n) is 12.1. The number of primary amides is 2. The Hall–Kier alpha value is -8.78. The van der Waals surface area contributed by atoms with Crippen LogP contribution in [0.4, 0.5) is 0 Å². The van der Waals surface area contributed by atoms with Crippen LogP contribution in [0.15, 0.2) is 70.8 Å². The van der Waals surface area contributed by atoms with Crippen LogP contribution >= 0.6 is 0 Å². The topological polar surface area (TPSA) is 464 Å². The summed E-state index contributed by atoms with van der Waals surface area (Å²) in [6, 6.07) is 5.71. The lowest BCUT2D eigenvalue weighted by atomic mass is 10.0. The number of benzene rings is 2. The fourth-order valence-corrected chi connectivity index (χ4v) is 8.22. The Labute approximate surface area is 438 Å². The van der Waals surface area contributed by atoms with Gasteiger partial charge >= 0.3 is 0 Å². The Kier molecular flexibility index (Phi) is 23.9. The molecule has 1 aliphatic rings. The Balaban J connectivity index is 1.78. The minimum Gasteiger partial charge on any atom is -0.370 e. The van der Waals surface area contributed by atoms with Crippen LogP contribution in [0.2, 0.25) is 0 Å². The SMILES string of the molecule is CC(=O)N[C@@H](CCCN=C(N)N)C(=O)NC1CCCCNC(=O)CC(C(N)=O)NC(=O)[C@H](Cc2c[nH]c3ccccc23)NC(=O)[C@H](CCCN=C(N)N)NC(=O)C(Cc2ccccc2)NC(=O)[C@H](CCC(N)=O)NC1=O. The summed E-state index contributed by atoms with van der Waals surface area (Å²) in [6.45, 7) is 1.32. The molecule has 0 radical (unpaired) electrons. The highest BCUT2D eigenvalue weighted by molar-refractivity contribution is 5.99. The number of hydrogen-bond donors (Lipinski definition) is 15. The molecular formula is C49H71N17O10. The predicted molar refractivity (Wildman–Crippen MR) is 280 cm³/mol. The second-order valence-corrected chi connectivity index (χ2v) is 18.2. The Morgan fingerprint density at radius 2 is 1.25 bits per heavy atom. The second-order valence-electron chi connectivity index (χ2n) is 18.2. The maximum absolute atomic E-state index is 14.6. The van der Waals surface area contributed by atoms with Gasteiger partial charge in [0, 0.05) is 62.9 Å². The van der Waals surface area contributed by atoms with E-state index in [4.69, 9.17) is 34.4 Å². The molecule has 3 aromatic rings. The minimum atomic E-state index is -1.56. The first kappa shape index (κ1) is 59.8. The predicted octanol–water partition coefficient (Wildman–Crippen LogP) is -4.09. The molecule has 0 spiro atoms. The van der Waals surface area contributed by atoms with Crippen LogP contribution in [0.5, 0.6) is 0 Å². The molecule has 1 saturated heterocycles. The highest BCUT2D eigenvalue weighted by atomic mass is 16.2. The van der Waals surface area contributed by atoms with Crippen LogP contribution in [-0.2, 0) is 60.8 Å². The number of amides is 10. The number of hydrogen-bond acceptors (Lipinski definition) is 12. The van der Waals surface area contributed by atoms with Crippen LogP contribution < -0.4 is 76.9 Å². The largest absolute Gasteiger partial charge is 0.370 e. The van der Waals surface area contributed by atoms with Crippen molar-refractivity contribution < 1.29 is 47.9 Å². The summed E-state index contributed by atoms with van der Waals surface area (Å²) in [5.41, 5.74) is 35.1. The van der Waals surface area contributed by atoms with Crippen LogP contribution in [0.25, 0.3) is 10.9 Å². The summed E-state index contributed by atoms with van der Waals surface area (Å²) in [6.07, 6.45) is 0.520. The maximum atomic E-state index is 14.6. The van der Waals surface area contributed by atoms with Crippen LogP contribution in [0.3, 0.4) is 0 Å². The van der Waals surface area contributed by atoms with Crippen molar-refractivity contribution >= 4 is 81.9 Å². The number of nitrogens with two attached hydrogens (primary N) is 6. The zero-order valence-corrected chi connectivity index (χ0v) is 42.4. The third-order valence-corrected chi connectivity index (χ3v) is 12.1. The van der Waals surface area contributed by atoms with E-state index in [1.165, 1.54) is 6.92 Å². The zero-order valence-electron chi connectivity index (χ0n) is 42.4. The number of nitrogens with zero attached hydrogens (tertiary/aromatic N) is 2. The molecule has 2 heterocycles. The van der Waals surface area contributed by atoms with Gasteiger partial charge in [0.25, 0.3) is 0 Å². The van der Waals surface area contributed by atoms with Crippen LogP contribution in [0.1, 0.15) is 82.3 Å². The molecule has 27 heteroatoms. The number of H-pyrrole nitrogens is 1. The lowest BCUT2D eigenvalue weighted by molar-refractivity contribution is -0.136. The van der Waals surface area contributed by atoms with Gasteiger partial charge in [0.05, 0.1) is 6.42 Å². The number of carbonyl (C=O) groups is 10. The maximum Gasteiger partial charge on any atom is 0.243 e. The van der Waals surface area contributed by atoms with E-state index in [2.05, 4.69) is 57.5 Å². The number of para-hydroxylation sites is 1. The van der Waals surface area contributed by atoms with Gasteiger partial charge in [-0.2, -0.15) is 0 Å². The number of carbonyl (C=O) groups excluding carboxylic acids is 10. The van der Waals surface area contributed by atoms with Crippen molar-refractivity contribution in [1.82, 2.24) is 47.5 Å². The molecule has 21 N–H and O–H groups in total. The van der Waals surface area contributed by atoms with E-state index in [0.29, 0.717) is 11.1 Å². The number of nitrogens with one attached hydrogen (secondary N) is 9. The molecule has 27 nitrogen and oxygen atoms in total. The second kappa shape index (κ2) is 30.4. The van der Waals surface area contributed by atoms with Gasteiger partial charge in [-0.05, 0) is 68.6 Å². The Morgan fingerprint density at radius 3 is 1.89 bits per heavy atom. The van der Waals surface area contributed by atoms with Gasteiger partial charge in [0.2, 0.25) is 59.1 Å². The van der Waals surface area contributed by atoms with Crippen LogP contribution in [-0.4, -0.2) is 138 Å². The summed E-state index contributed by atoms with van der Waals surface area (Å²) >= 11 is 0. The summed E-state index contributed by atoms with van der Waals surface area (Å²) in [4.78, 5) is 147. The van der Waals surface area contributed by atoms with E-state index in [1.807, 2.05) is 6.07 Å². The summed E-state index contributed by atoms with van der Waals surface area (Å²) < 4.78 is 0. The number of fused-ring (bicyclic) bond motifs is 1. The van der Waals surface area contributed by atoms with E-state index in [-0.39, 0.29) is 95.8 Å². The number of rotatable bonds is 19. The van der Waals surface area contributed by atoms with Crippen molar-refractivity contribution in [2.24, 2.45) is 44.4 Å². The normalized spacial score (nSPS) is 20.9. The van der Waals surface area contributed by atoms with E-state index in [1.54, 1.807) is 54.7 Å². The van der Waals surface area contributed by atoms with E-state index in [9.17, 15) is 47.9 Å². The highest BCUT2D eigenvalue weighted by Crippen LogP contribution is 2.20. The summed E-state index contributed by atoms with van der Waals surface area (Å²) in [5, 5.41) is 21.7. The van der Waals surface area contributed by atoms with Crippen molar-refractivity contribution in [2.75, 3.05) is 19.6 Å². The van der Waals surface area contributed by atoms with Gasteiger partial charge in [-0.15, -0.1) is 0 Å². The molecular weight excluding hydrogens is 987 g/mol. The van der Waals surface area contributed by atoms with E-state index < -0.39 is 114 Å². The Morgan fingerprint density at radius 1 is 0.671 bits per heavy atom. The molecule has 2 aromatic carbocycles. The third kappa shape index (κ3) is 20.6. The lowest BCUT2D eigenvalue weighted by Gasteiger charge is -2.28. The first-order valence-corrected chi connectivity index (χ1v) is 24.8. The van der Waals surface area contributed by atoms with Gasteiger partial charge in [0.1, 0.15) is 42.3 Å². The Bertz CT molecular complexity index is 2580. The molecule has 7 atom stereocenters. The first-order valence-electron chi connectivity index (χ1n) is 24.8. The van der Waals surface area contributed by atoms with Gasteiger partial charge in [0.15, 0.2) is 11.9 Å². The standard InChI is InChI=1S/C49H71N17O10/c1-27(67)60-32(16-9-21-57-48(52)53)42(71)61-33-15-7-8-20-56-40(69)25-36(41(51)70)64-47(76)38(24-29-26-59-31-14-6-5-13-30(29)31)66-44(73)34(17-10-22-58-49(54)55)62-46(75)37(23-28-11-3-2-4-12-28)65-45(74)35(63-43(33)72)18-19-39(50)68/h2-6,11-14,26,32-38,59H,7-10,15-25H2,1H3,(H2,50,68)(H2,51,70)(H,56,69)(H,60,67)(H,61,71)(H,62,75)(H,63,72)(H,64,76)(H,65,74)(H,66,73)(H4,52,53,57)(H4,54,55,58)/t32-,33?,34-,35-,36?,37?,38-/m0/s1. The molecule has 1 aliphatic heterocycles. The smallest absolute Gasteiger partial charge is 0.243 e. The average molecular weight is 1060 g/mol. The molecule has 3 unspecified atom stereocenters. The van der Waals surface area contributed by atoms with Gasteiger partial charge in [-0.3, -0.25) is 57.9 Å². The molecule has 0 bridgehead atoms. The van der Waals surface area contributed by atoms with E-state index >= 15 is 0 Å². The van der Waals surface area contributed by atoms with Gasteiger partial charge in [-0.1, -0.05) is 48.5 Å². The molecule has 412 valence electrons. The van der Waals surface area contributed by atoms with Crippen molar-refractivity contribution in [3.05, 3.63) is 71.9 Å². The molecule has 1 aromatic heterocycles. The number of aromatic nitrogens is 1. The zero-order chi connectivity index (χ0) is 55.7. The lowest BCUT2D eigenvalue weighted by Crippen LogP contribution is -2.60. The summed E-state index contributed by atoms with van der Waals surface area (Å²) in [5.74, 6) is -8.82. The average Bonchev–Trinajstić information content (AvgIpc) is 3.77. The molecule has 0 saturated carbocycles. The first-order chi connectivity index (χ1) is 36.2. The highest BCUT2D eigenvalue weighted by Gasteiger charge is 2.35. The molecule has 4 rings (SSSR count). The quantitative estimate of drug-likeness (QED) is 0.0309. The minimum absolute atomic E-state index is 0.0167. The van der Waals surface area contributed by atoms with Crippen LogP contribution in [0, 0.1) is 0 Å². The monoisotopic (exact) mass is 1060 g/mol. The summed E-state index contributed by atoms with van der Waals surface area (Å²) in [7, 11) is 0. The number of aliphatic imine (C=N–C) groups is 2. The fourth-order valence-electron chi connectivity index (χ4n) is 8.22. The van der Waals surface area contributed by atoms with Crippen molar-refractivity contribution in [2.45, 2.75) is 126 Å². The van der Waals surface area contributed by atoms with Crippen molar-refractivity contribution in [1.29, 1.82) is 0 Å². The molecule has 76 heavy (non-hydrogen) atoms. The number of aromatic amines is 1. The fraction of sp³-hybridized carbons (Fsp3) is 0.469.